The molecule has 0 radical (unpaired) electrons. The van der Waals surface area contributed by atoms with Crippen LogP contribution in [0, 0.1) is 0 Å². The number of nitrogens with one attached hydrogen (secondary N) is 1. The molecule has 0 aliphatic rings. The maximum Gasteiger partial charge on any atom is 0.390 e. The molecule has 5 heteroatoms. The predicted octanol–water partition coefficient (Wildman–Crippen LogP) is 3.50. The van der Waals surface area contributed by atoms with Crippen molar-refractivity contribution in [2.45, 2.75) is 45.5 Å². The quantitative estimate of drug-likeness (QED) is 0.815. The van der Waals surface area contributed by atoms with Gasteiger partial charge in [-0.3, -0.25) is 0 Å². The summed E-state index contributed by atoms with van der Waals surface area (Å²) in [5.74, 6) is 0. The van der Waals surface area contributed by atoms with Crippen LogP contribution in [-0.4, -0.2) is 17.3 Å². The van der Waals surface area contributed by atoms with Crippen molar-refractivity contribution in [1.29, 1.82) is 0 Å². The molecule has 0 aromatic carbocycles. The molecule has 1 atom stereocenters. The van der Waals surface area contributed by atoms with Gasteiger partial charge in [0.2, 0.25) is 0 Å². The van der Waals surface area contributed by atoms with Gasteiger partial charge in [-0.15, -0.1) is 0 Å². The average Bonchev–Trinajstić information content (AvgIpc) is 2.70. The molecule has 17 heavy (non-hydrogen) atoms. The van der Waals surface area contributed by atoms with Gasteiger partial charge in [0.25, 0.3) is 0 Å². The Labute approximate surface area is 99.8 Å². The van der Waals surface area contributed by atoms with Crippen LogP contribution in [-0.2, 0) is 6.54 Å². The van der Waals surface area contributed by atoms with Crippen LogP contribution in [0.5, 0.6) is 0 Å². The van der Waals surface area contributed by atoms with Crippen molar-refractivity contribution in [3.8, 4) is 0 Å². The van der Waals surface area contributed by atoms with Crippen LogP contribution in [0.4, 0.5) is 13.2 Å². The lowest BCUT2D eigenvalue weighted by molar-refractivity contribution is -0.136. The molecule has 1 N–H and O–H groups in total. The molecule has 2 nitrogen and oxygen atoms in total. The molecule has 0 amide bonds. The summed E-state index contributed by atoms with van der Waals surface area (Å²) < 4.78 is 37.8. The third-order valence-electron chi connectivity index (χ3n) is 2.69. The Hall–Kier alpha value is -0.970. The Morgan fingerprint density at radius 3 is 2.59 bits per heavy atom. The highest BCUT2D eigenvalue weighted by atomic mass is 19.4. The standard InChI is InChI=1S/C12H19F3N2/c1-3-11(16-4-2)10-5-7-17(9-10)8-6-12(13,14)15/h5,7,9,11,16H,3-4,6,8H2,1-2H3. The molecule has 1 aromatic rings. The summed E-state index contributed by atoms with van der Waals surface area (Å²) in [4.78, 5) is 0. The topological polar surface area (TPSA) is 17.0 Å². The van der Waals surface area contributed by atoms with E-state index in [4.69, 9.17) is 0 Å². The normalized spacial score (nSPS) is 13.9. The molecule has 1 rings (SSSR count). The van der Waals surface area contributed by atoms with Crippen LogP contribution >= 0.6 is 0 Å². The second-order valence-electron chi connectivity index (χ2n) is 4.07. The summed E-state index contributed by atoms with van der Waals surface area (Å²) >= 11 is 0. The molecule has 0 bridgehead atoms. The van der Waals surface area contributed by atoms with E-state index in [1.807, 2.05) is 13.0 Å². The van der Waals surface area contributed by atoms with E-state index in [9.17, 15) is 13.2 Å². The van der Waals surface area contributed by atoms with E-state index in [1.165, 1.54) is 0 Å². The first-order chi connectivity index (χ1) is 7.96. The monoisotopic (exact) mass is 248 g/mol. The van der Waals surface area contributed by atoms with Crippen LogP contribution in [0.1, 0.15) is 38.3 Å². The summed E-state index contributed by atoms with van der Waals surface area (Å²) in [7, 11) is 0. The minimum atomic E-state index is -4.09. The molecular formula is C12H19F3N2. The molecular weight excluding hydrogens is 229 g/mol. The SMILES string of the molecule is CCNC(CC)c1ccn(CCC(F)(F)F)c1. The zero-order valence-electron chi connectivity index (χ0n) is 10.2. The summed E-state index contributed by atoms with van der Waals surface area (Å²) in [5, 5.41) is 3.30. The smallest absolute Gasteiger partial charge is 0.354 e. The van der Waals surface area contributed by atoms with Crippen molar-refractivity contribution >= 4 is 0 Å². The lowest BCUT2D eigenvalue weighted by Gasteiger charge is -2.14. The highest BCUT2D eigenvalue weighted by Gasteiger charge is 2.26. The van der Waals surface area contributed by atoms with Gasteiger partial charge >= 0.3 is 6.18 Å². The molecule has 0 fully saturated rings. The van der Waals surface area contributed by atoms with E-state index < -0.39 is 12.6 Å². The van der Waals surface area contributed by atoms with Crippen LogP contribution in [0.3, 0.4) is 0 Å². The number of aromatic nitrogens is 1. The fourth-order valence-electron chi connectivity index (χ4n) is 1.80. The molecule has 0 aliphatic heterocycles. The van der Waals surface area contributed by atoms with Crippen LogP contribution < -0.4 is 5.32 Å². The molecule has 0 aliphatic carbocycles. The van der Waals surface area contributed by atoms with Gasteiger partial charge in [-0.2, -0.15) is 13.2 Å². The molecule has 1 unspecified atom stereocenters. The second kappa shape index (κ2) is 6.10. The molecule has 98 valence electrons. The summed E-state index contributed by atoms with van der Waals surface area (Å²) in [6, 6.07) is 2.11. The zero-order chi connectivity index (χ0) is 12.9. The van der Waals surface area contributed by atoms with Crippen molar-refractivity contribution in [3.05, 3.63) is 24.0 Å². The first-order valence-electron chi connectivity index (χ1n) is 5.92. The molecule has 1 aromatic heterocycles. The van der Waals surface area contributed by atoms with Crippen molar-refractivity contribution in [2.75, 3.05) is 6.54 Å². The molecule has 0 saturated heterocycles. The number of hydrogen-bond donors (Lipinski definition) is 1. The van der Waals surface area contributed by atoms with Gasteiger partial charge in [0.1, 0.15) is 0 Å². The van der Waals surface area contributed by atoms with Gasteiger partial charge in [-0.05, 0) is 24.6 Å². The Balaban J connectivity index is 2.58. The second-order valence-corrected chi connectivity index (χ2v) is 4.07. The third-order valence-corrected chi connectivity index (χ3v) is 2.69. The number of alkyl halides is 3. The van der Waals surface area contributed by atoms with E-state index in [1.54, 1.807) is 17.0 Å². The molecule has 1 heterocycles. The van der Waals surface area contributed by atoms with Gasteiger partial charge in [0.05, 0.1) is 6.42 Å². The third kappa shape index (κ3) is 4.81. The average molecular weight is 248 g/mol. The minimum Gasteiger partial charge on any atom is -0.354 e. The van der Waals surface area contributed by atoms with Gasteiger partial charge < -0.3 is 9.88 Å². The lowest BCUT2D eigenvalue weighted by atomic mass is 10.1. The number of nitrogens with zero attached hydrogens (tertiary/aromatic N) is 1. The summed E-state index contributed by atoms with van der Waals surface area (Å²) in [6.45, 7) is 4.92. The zero-order valence-corrected chi connectivity index (χ0v) is 10.2. The van der Waals surface area contributed by atoms with Gasteiger partial charge in [0.15, 0.2) is 0 Å². The Morgan fingerprint density at radius 2 is 2.06 bits per heavy atom. The fraction of sp³-hybridized carbons (Fsp3) is 0.667. The van der Waals surface area contributed by atoms with Gasteiger partial charge in [-0.1, -0.05) is 13.8 Å². The predicted molar refractivity (Wildman–Crippen MR) is 61.8 cm³/mol. The fourth-order valence-corrected chi connectivity index (χ4v) is 1.80. The Morgan fingerprint density at radius 1 is 1.35 bits per heavy atom. The van der Waals surface area contributed by atoms with E-state index in [-0.39, 0.29) is 12.6 Å². The largest absolute Gasteiger partial charge is 0.390 e. The number of halogens is 3. The van der Waals surface area contributed by atoms with Crippen LogP contribution in [0.2, 0.25) is 0 Å². The number of aryl methyl sites for hydroxylation is 1. The van der Waals surface area contributed by atoms with Gasteiger partial charge in [-0.25, -0.2) is 0 Å². The molecule has 0 saturated carbocycles. The summed E-state index contributed by atoms with van der Waals surface area (Å²) in [6.07, 6.45) is -0.434. The highest BCUT2D eigenvalue weighted by molar-refractivity contribution is 5.15. The van der Waals surface area contributed by atoms with Crippen molar-refractivity contribution < 1.29 is 13.2 Å². The van der Waals surface area contributed by atoms with Gasteiger partial charge in [0, 0.05) is 25.0 Å². The molecule has 0 spiro atoms. The maximum absolute atomic E-state index is 12.1. The van der Waals surface area contributed by atoms with E-state index in [2.05, 4.69) is 12.2 Å². The Kier molecular flexibility index (Phi) is 5.05. The first kappa shape index (κ1) is 14.1. The maximum atomic E-state index is 12.1. The lowest BCUT2D eigenvalue weighted by Crippen LogP contribution is -2.19. The van der Waals surface area contributed by atoms with Crippen molar-refractivity contribution in [2.24, 2.45) is 0 Å². The van der Waals surface area contributed by atoms with E-state index in [0.29, 0.717) is 0 Å². The first-order valence-corrected chi connectivity index (χ1v) is 5.92. The number of rotatable bonds is 6. The Bertz CT molecular complexity index is 331. The number of hydrogen-bond acceptors (Lipinski definition) is 1. The van der Waals surface area contributed by atoms with Crippen LogP contribution in [0.15, 0.2) is 18.5 Å². The van der Waals surface area contributed by atoms with Crippen molar-refractivity contribution in [1.82, 2.24) is 9.88 Å². The summed E-state index contributed by atoms with van der Waals surface area (Å²) in [5.41, 5.74) is 1.05. The van der Waals surface area contributed by atoms with Crippen molar-refractivity contribution in [3.63, 3.8) is 0 Å². The van der Waals surface area contributed by atoms with Crippen LogP contribution in [0.25, 0.3) is 0 Å². The highest BCUT2D eigenvalue weighted by Crippen LogP contribution is 2.22. The minimum absolute atomic E-state index is 0.00788. The van der Waals surface area contributed by atoms with E-state index in [0.717, 1.165) is 18.5 Å². The van der Waals surface area contributed by atoms with E-state index >= 15 is 0 Å².